The first-order valence-electron chi connectivity index (χ1n) is 10.2. The quantitative estimate of drug-likeness (QED) is 0.674. The topological polar surface area (TPSA) is 79.9 Å². The lowest BCUT2D eigenvalue weighted by Crippen LogP contribution is -2.41. The van der Waals surface area contributed by atoms with E-state index in [4.69, 9.17) is 21.1 Å². The van der Waals surface area contributed by atoms with E-state index < -0.39 is 0 Å². The second-order valence-corrected chi connectivity index (χ2v) is 8.05. The van der Waals surface area contributed by atoms with Crippen LogP contribution in [-0.2, 0) is 9.59 Å². The molecule has 1 heterocycles. The second kappa shape index (κ2) is 10.5. The molecule has 0 atom stereocenters. The van der Waals surface area contributed by atoms with E-state index in [1.165, 1.54) is 0 Å². The van der Waals surface area contributed by atoms with Crippen LogP contribution in [0.5, 0.6) is 11.5 Å². The van der Waals surface area contributed by atoms with Crippen molar-refractivity contribution in [3.63, 3.8) is 0 Å². The maximum absolute atomic E-state index is 12.6. The summed E-state index contributed by atoms with van der Waals surface area (Å²) in [6, 6.07) is 10.7. The lowest BCUT2D eigenvalue weighted by molar-refractivity contribution is -0.121. The van der Waals surface area contributed by atoms with Crippen LogP contribution in [0.4, 0.5) is 11.4 Å². The minimum absolute atomic E-state index is 0.00237. The normalized spacial score (nSPS) is 14.7. The third kappa shape index (κ3) is 6.12. The Hall–Kier alpha value is -2.77. The van der Waals surface area contributed by atoms with Gasteiger partial charge in [-0.25, -0.2) is 0 Å². The Balaban J connectivity index is 1.49. The smallest absolute Gasteiger partial charge is 0.238 e. The van der Waals surface area contributed by atoms with Crippen LogP contribution in [-0.4, -0.2) is 50.6 Å². The molecule has 0 aromatic heterocycles. The molecule has 0 spiro atoms. The van der Waals surface area contributed by atoms with Gasteiger partial charge in [0.1, 0.15) is 11.5 Å². The zero-order valence-electron chi connectivity index (χ0n) is 18.0. The van der Waals surface area contributed by atoms with Crippen molar-refractivity contribution in [2.45, 2.75) is 19.8 Å². The van der Waals surface area contributed by atoms with E-state index in [0.717, 1.165) is 11.3 Å². The van der Waals surface area contributed by atoms with E-state index >= 15 is 0 Å². The summed E-state index contributed by atoms with van der Waals surface area (Å²) >= 11 is 6.04. The lowest BCUT2D eigenvalue weighted by Gasteiger charge is -2.30. The van der Waals surface area contributed by atoms with Gasteiger partial charge in [-0.2, -0.15) is 0 Å². The van der Waals surface area contributed by atoms with Crippen LogP contribution in [0.3, 0.4) is 0 Å². The van der Waals surface area contributed by atoms with Crippen molar-refractivity contribution in [1.82, 2.24) is 4.90 Å². The highest BCUT2D eigenvalue weighted by Gasteiger charge is 2.26. The Bertz CT molecular complexity index is 942. The van der Waals surface area contributed by atoms with Crippen LogP contribution >= 0.6 is 11.6 Å². The number of hydrogen-bond acceptors (Lipinski definition) is 5. The second-order valence-electron chi connectivity index (χ2n) is 7.61. The molecule has 1 aliphatic heterocycles. The molecule has 7 nitrogen and oxygen atoms in total. The fraction of sp³-hybridized carbons (Fsp3) is 0.391. The number of nitrogens with one attached hydrogen (secondary N) is 2. The van der Waals surface area contributed by atoms with Gasteiger partial charge >= 0.3 is 0 Å². The van der Waals surface area contributed by atoms with E-state index in [1.807, 2.05) is 13.0 Å². The predicted octanol–water partition coefficient (Wildman–Crippen LogP) is 3.95. The number of likely N-dealkylation sites (tertiary alicyclic amines) is 1. The average molecular weight is 446 g/mol. The number of piperidine rings is 1. The van der Waals surface area contributed by atoms with E-state index in [0.29, 0.717) is 48.1 Å². The first kappa shape index (κ1) is 22.9. The first-order valence-corrected chi connectivity index (χ1v) is 10.6. The molecule has 2 amide bonds. The number of anilines is 2. The molecular formula is C23H28ClN3O4. The number of ether oxygens (including phenoxy) is 2. The fourth-order valence-corrected chi connectivity index (χ4v) is 3.78. The van der Waals surface area contributed by atoms with Gasteiger partial charge in [0.15, 0.2) is 0 Å². The Kier molecular flexibility index (Phi) is 7.76. The van der Waals surface area contributed by atoms with Gasteiger partial charge in [0.2, 0.25) is 11.8 Å². The highest BCUT2D eigenvalue weighted by molar-refractivity contribution is 6.31. The summed E-state index contributed by atoms with van der Waals surface area (Å²) in [5.41, 5.74) is 2.31. The van der Waals surface area contributed by atoms with Gasteiger partial charge in [-0.3, -0.25) is 14.5 Å². The van der Waals surface area contributed by atoms with E-state index in [1.54, 1.807) is 44.6 Å². The number of nitrogens with zero attached hydrogens (tertiary/aromatic N) is 1. The highest BCUT2D eigenvalue weighted by Crippen LogP contribution is 2.29. The van der Waals surface area contributed by atoms with Crippen LogP contribution in [0.1, 0.15) is 18.4 Å². The summed E-state index contributed by atoms with van der Waals surface area (Å²) in [6.07, 6.45) is 1.40. The van der Waals surface area contributed by atoms with Crippen molar-refractivity contribution in [1.29, 1.82) is 0 Å². The molecular weight excluding hydrogens is 418 g/mol. The molecule has 8 heteroatoms. The Morgan fingerprint density at radius 2 is 1.77 bits per heavy atom. The maximum atomic E-state index is 12.6. The number of methoxy groups -OCH3 is 2. The fourth-order valence-electron chi connectivity index (χ4n) is 3.61. The summed E-state index contributed by atoms with van der Waals surface area (Å²) in [5, 5.41) is 6.46. The molecule has 1 aliphatic rings. The van der Waals surface area contributed by atoms with E-state index in [-0.39, 0.29) is 24.3 Å². The molecule has 0 aliphatic carbocycles. The molecule has 0 unspecified atom stereocenters. The minimum Gasteiger partial charge on any atom is -0.497 e. The summed E-state index contributed by atoms with van der Waals surface area (Å²) in [5.74, 6) is 0.986. The largest absolute Gasteiger partial charge is 0.497 e. The number of amides is 2. The number of carbonyl (C=O) groups is 2. The first-order chi connectivity index (χ1) is 14.9. The number of hydrogen-bond donors (Lipinski definition) is 2. The standard InChI is InChI=1S/C23H28ClN3O4/c1-15-4-5-17(24)12-20(15)26-23(29)16-8-10-27(11-9-16)14-22(28)25-19-7-6-18(30-2)13-21(19)31-3/h4-7,12-13,16H,8-11,14H2,1-3H3,(H,25,28)(H,26,29). The summed E-state index contributed by atoms with van der Waals surface area (Å²) < 4.78 is 10.5. The third-order valence-corrected chi connectivity index (χ3v) is 5.70. The monoisotopic (exact) mass is 445 g/mol. The van der Waals surface area contributed by atoms with Crippen LogP contribution in [0.25, 0.3) is 0 Å². The molecule has 0 bridgehead atoms. The highest BCUT2D eigenvalue weighted by atomic mass is 35.5. The van der Waals surface area contributed by atoms with Gasteiger partial charge in [0.25, 0.3) is 0 Å². The van der Waals surface area contributed by atoms with Crippen LogP contribution in [0, 0.1) is 12.8 Å². The lowest BCUT2D eigenvalue weighted by atomic mass is 9.95. The number of benzene rings is 2. The molecule has 1 fully saturated rings. The number of rotatable bonds is 7. The molecule has 0 saturated carbocycles. The number of halogens is 1. The van der Waals surface area contributed by atoms with Crippen LogP contribution < -0.4 is 20.1 Å². The Morgan fingerprint density at radius 1 is 1.03 bits per heavy atom. The minimum atomic E-state index is -0.124. The maximum Gasteiger partial charge on any atom is 0.238 e. The predicted molar refractivity (Wildman–Crippen MR) is 122 cm³/mol. The molecule has 0 radical (unpaired) electrons. The molecule has 2 N–H and O–H groups in total. The van der Waals surface area contributed by atoms with Crippen molar-refractivity contribution in [2.75, 3.05) is 44.5 Å². The molecule has 2 aromatic rings. The van der Waals surface area contributed by atoms with Crippen molar-refractivity contribution in [3.05, 3.63) is 47.0 Å². The van der Waals surface area contributed by atoms with Gasteiger partial charge in [-0.15, -0.1) is 0 Å². The third-order valence-electron chi connectivity index (χ3n) is 5.47. The number of aryl methyl sites for hydroxylation is 1. The van der Waals surface area contributed by atoms with Crippen LogP contribution in [0.2, 0.25) is 5.02 Å². The Labute approximate surface area is 187 Å². The average Bonchev–Trinajstić information content (AvgIpc) is 2.77. The molecule has 3 rings (SSSR count). The Morgan fingerprint density at radius 3 is 2.45 bits per heavy atom. The SMILES string of the molecule is COc1ccc(NC(=O)CN2CCC(C(=O)Nc3cc(Cl)ccc3C)CC2)c(OC)c1. The van der Waals surface area contributed by atoms with E-state index in [9.17, 15) is 9.59 Å². The molecule has 1 saturated heterocycles. The molecule has 166 valence electrons. The molecule has 31 heavy (non-hydrogen) atoms. The number of carbonyl (C=O) groups excluding carboxylic acids is 2. The zero-order valence-corrected chi connectivity index (χ0v) is 18.8. The van der Waals surface area contributed by atoms with E-state index in [2.05, 4.69) is 15.5 Å². The van der Waals surface area contributed by atoms with Gasteiger partial charge in [0.05, 0.1) is 26.5 Å². The van der Waals surface area contributed by atoms with Crippen molar-refractivity contribution < 1.29 is 19.1 Å². The zero-order chi connectivity index (χ0) is 22.4. The van der Waals surface area contributed by atoms with Gasteiger partial charge in [-0.05, 0) is 62.7 Å². The molecule has 2 aromatic carbocycles. The van der Waals surface area contributed by atoms with Gasteiger partial charge in [-0.1, -0.05) is 17.7 Å². The summed E-state index contributed by atoms with van der Waals surface area (Å²) in [6.45, 7) is 3.56. The van der Waals surface area contributed by atoms with Crippen molar-refractivity contribution in [3.8, 4) is 11.5 Å². The van der Waals surface area contributed by atoms with Crippen LogP contribution in [0.15, 0.2) is 36.4 Å². The summed E-state index contributed by atoms with van der Waals surface area (Å²) in [4.78, 5) is 27.2. The van der Waals surface area contributed by atoms with Crippen molar-refractivity contribution in [2.24, 2.45) is 5.92 Å². The van der Waals surface area contributed by atoms with Gasteiger partial charge < -0.3 is 20.1 Å². The summed E-state index contributed by atoms with van der Waals surface area (Å²) in [7, 11) is 3.12. The van der Waals surface area contributed by atoms with Crippen molar-refractivity contribution >= 4 is 34.8 Å². The van der Waals surface area contributed by atoms with Gasteiger partial charge in [0, 0.05) is 22.7 Å².